The van der Waals surface area contributed by atoms with Crippen LogP contribution in [-0.4, -0.2) is 38.1 Å². The van der Waals surface area contributed by atoms with Crippen LogP contribution in [0.4, 0.5) is 0 Å². The second-order valence-corrected chi connectivity index (χ2v) is 6.80. The average Bonchev–Trinajstić information content (AvgIpc) is 3.42. The van der Waals surface area contributed by atoms with Crippen LogP contribution in [0.1, 0.15) is 32.3 Å². The van der Waals surface area contributed by atoms with Gasteiger partial charge in [-0.05, 0) is 44.4 Å². The maximum absolute atomic E-state index is 12.5. The SMILES string of the molecule is CC(C)(C(=O)NCCNC(=O)C1CC1)c1ccc2c(c1)OCCO2. The maximum Gasteiger partial charge on any atom is 0.230 e. The summed E-state index contributed by atoms with van der Waals surface area (Å²) in [6.45, 7) is 5.68. The lowest BCUT2D eigenvalue weighted by Gasteiger charge is -2.26. The maximum atomic E-state index is 12.5. The molecular formula is C18H24N2O4. The lowest BCUT2D eigenvalue weighted by Crippen LogP contribution is -2.43. The molecule has 1 aromatic carbocycles. The third-order valence-electron chi connectivity index (χ3n) is 4.49. The number of amides is 2. The fraction of sp³-hybridized carbons (Fsp3) is 0.556. The molecule has 0 bridgehead atoms. The van der Waals surface area contributed by atoms with Crippen LogP contribution in [0.3, 0.4) is 0 Å². The van der Waals surface area contributed by atoms with Gasteiger partial charge < -0.3 is 20.1 Å². The van der Waals surface area contributed by atoms with Crippen molar-refractivity contribution in [2.45, 2.75) is 32.1 Å². The first-order chi connectivity index (χ1) is 11.5. The summed E-state index contributed by atoms with van der Waals surface area (Å²) >= 11 is 0. The summed E-state index contributed by atoms with van der Waals surface area (Å²) in [5.41, 5.74) is 0.169. The van der Waals surface area contributed by atoms with Crippen molar-refractivity contribution in [3.63, 3.8) is 0 Å². The predicted octanol–water partition coefficient (Wildman–Crippen LogP) is 1.38. The van der Waals surface area contributed by atoms with E-state index in [4.69, 9.17) is 9.47 Å². The van der Waals surface area contributed by atoms with Gasteiger partial charge in [-0.15, -0.1) is 0 Å². The molecule has 1 aliphatic carbocycles. The predicted molar refractivity (Wildman–Crippen MR) is 89.2 cm³/mol. The molecule has 0 unspecified atom stereocenters. The first kappa shape index (κ1) is 16.6. The fourth-order valence-electron chi connectivity index (χ4n) is 2.64. The highest BCUT2D eigenvalue weighted by molar-refractivity contribution is 5.87. The fourth-order valence-corrected chi connectivity index (χ4v) is 2.64. The van der Waals surface area contributed by atoms with E-state index in [1.54, 1.807) is 0 Å². The Bertz CT molecular complexity index is 638. The minimum atomic E-state index is -0.698. The van der Waals surface area contributed by atoms with Crippen molar-refractivity contribution < 1.29 is 19.1 Å². The van der Waals surface area contributed by atoms with E-state index in [1.165, 1.54) is 0 Å². The summed E-state index contributed by atoms with van der Waals surface area (Å²) in [7, 11) is 0. The van der Waals surface area contributed by atoms with Gasteiger partial charge in [-0.1, -0.05) is 6.07 Å². The molecule has 2 aliphatic rings. The molecule has 24 heavy (non-hydrogen) atoms. The van der Waals surface area contributed by atoms with Crippen LogP contribution in [0.5, 0.6) is 11.5 Å². The molecule has 0 spiro atoms. The number of ether oxygens (including phenoxy) is 2. The van der Waals surface area contributed by atoms with Gasteiger partial charge in [-0.3, -0.25) is 9.59 Å². The summed E-state index contributed by atoms with van der Waals surface area (Å²) in [6.07, 6.45) is 1.96. The van der Waals surface area contributed by atoms with Crippen LogP contribution in [0.25, 0.3) is 0 Å². The van der Waals surface area contributed by atoms with Gasteiger partial charge in [-0.2, -0.15) is 0 Å². The molecule has 1 aliphatic heterocycles. The van der Waals surface area contributed by atoms with Crippen molar-refractivity contribution in [1.82, 2.24) is 10.6 Å². The Morgan fingerprint density at radius 1 is 1.08 bits per heavy atom. The van der Waals surface area contributed by atoms with Crippen molar-refractivity contribution >= 4 is 11.8 Å². The van der Waals surface area contributed by atoms with E-state index in [2.05, 4.69) is 10.6 Å². The van der Waals surface area contributed by atoms with Crippen molar-refractivity contribution in [2.75, 3.05) is 26.3 Å². The van der Waals surface area contributed by atoms with Crippen LogP contribution in [0.2, 0.25) is 0 Å². The molecule has 1 heterocycles. The first-order valence-corrected chi connectivity index (χ1v) is 8.44. The zero-order valence-corrected chi connectivity index (χ0v) is 14.2. The summed E-state index contributed by atoms with van der Waals surface area (Å²) in [5.74, 6) is 1.59. The van der Waals surface area contributed by atoms with E-state index >= 15 is 0 Å². The molecule has 0 atom stereocenters. The van der Waals surface area contributed by atoms with E-state index in [1.807, 2.05) is 32.0 Å². The van der Waals surface area contributed by atoms with Gasteiger partial charge in [0.1, 0.15) is 13.2 Å². The lowest BCUT2D eigenvalue weighted by atomic mass is 9.83. The third-order valence-corrected chi connectivity index (χ3v) is 4.49. The van der Waals surface area contributed by atoms with Gasteiger partial charge in [0.05, 0.1) is 5.41 Å². The molecule has 6 heteroatoms. The Balaban J connectivity index is 1.55. The summed E-state index contributed by atoms with van der Waals surface area (Å²) in [4.78, 5) is 24.1. The Morgan fingerprint density at radius 2 is 1.75 bits per heavy atom. The van der Waals surface area contributed by atoms with E-state index in [-0.39, 0.29) is 17.7 Å². The molecule has 1 saturated carbocycles. The zero-order chi connectivity index (χ0) is 17.2. The van der Waals surface area contributed by atoms with Gasteiger partial charge in [0.15, 0.2) is 11.5 Å². The number of nitrogens with one attached hydrogen (secondary N) is 2. The highest BCUT2D eigenvalue weighted by atomic mass is 16.6. The smallest absolute Gasteiger partial charge is 0.230 e. The molecule has 1 aromatic rings. The molecular weight excluding hydrogens is 308 g/mol. The van der Waals surface area contributed by atoms with Gasteiger partial charge in [-0.25, -0.2) is 0 Å². The number of hydrogen-bond donors (Lipinski definition) is 2. The quantitative estimate of drug-likeness (QED) is 0.772. The largest absolute Gasteiger partial charge is 0.486 e. The summed E-state index contributed by atoms with van der Waals surface area (Å²) in [6, 6.07) is 5.60. The van der Waals surface area contributed by atoms with Gasteiger partial charge in [0, 0.05) is 19.0 Å². The third kappa shape index (κ3) is 3.63. The van der Waals surface area contributed by atoms with E-state index in [0.29, 0.717) is 37.8 Å². The number of fused-ring (bicyclic) bond motifs is 1. The second-order valence-electron chi connectivity index (χ2n) is 6.80. The number of hydrogen-bond acceptors (Lipinski definition) is 4. The molecule has 1 fully saturated rings. The van der Waals surface area contributed by atoms with Crippen LogP contribution < -0.4 is 20.1 Å². The number of carbonyl (C=O) groups is 2. The highest BCUT2D eigenvalue weighted by Gasteiger charge is 2.31. The number of carbonyl (C=O) groups excluding carboxylic acids is 2. The van der Waals surface area contributed by atoms with E-state index < -0.39 is 5.41 Å². The Labute approximate surface area is 141 Å². The Morgan fingerprint density at radius 3 is 2.46 bits per heavy atom. The first-order valence-electron chi connectivity index (χ1n) is 8.44. The molecule has 0 radical (unpaired) electrons. The molecule has 2 amide bonds. The number of rotatable bonds is 6. The molecule has 6 nitrogen and oxygen atoms in total. The zero-order valence-electron chi connectivity index (χ0n) is 14.2. The highest BCUT2D eigenvalue weighted by Crippen LogP contribution is 2.35. The van der Waals surface area contributed by atoms with Gasteiger partial charge in [0.2, 0.25) is 11.8 Å². The topological polar surface area (TPSA) is 76.7 Å². The minimum absolute atomic E-state index is 0.0835. The van der Waals surface area contributed by atoms with Crippen LogP contribution in [-0.2, 0) is 15.0 Å². The minimum Gasteiger partial charge on any atom is -0.486 e. The van der Waals surface area contributed by atoms with Gasteiger partial charge in [0.25, 0.3) is 0 Å². The molecule has 0 aromatic heterocycles. The van der Waals surface area contributed by atoms with E-state index in [0.717, 1.165) is 18.4 Å². The van der Waals surface area contributed by atoms with Crippen LogP contribution in [0.15, 0.2) is 18.2 Å². The molecule has 3 rings (SSSR count). The molecule has 130 valence electrons. The van der Waals surface area contributed by atoms with Crippen molar-refractivity contribution in [3.05, 3.63) is 23.8 Å². The van der Waals surface area contributed by atoms with Crippen molar-refractivity contribution in [3.8, 4) is 11.5 Å². The van der Waals surface area contributed by atoms with Crippen molar-refractivity contribution in [1.29, 1.82) is 0 Å². The molecule has 2 N–H and O–H groups in total. The standard InChI is InChI=1S/C18H24N2O4/c1-18(2,13-5-6-14-15(11-13)24-10-9-23-14)17(22)20-8-7-19-16(21)12-3-4-12/h5-6,11-12H,3-4,7-10H2,1-2H3,(H,19,21)(H,20,22). The normalized spacial score (nSPS) is 16.4. The Hall–Kier alpha value is -2.24. The Kier molecular flexibility index (Phi) is 4.64. The number of benzene rings is 1. The lowest BCUT2D eigenvalue weighted by molar-refractivity contribution is -0.126. The second kappa shape index (κ2) is 6.71. The van der Waals surface area contributed by atoms with Crippen molar-refractivity contribution in [2.24, 2.45) is 5.92 Å². The van der Waals surface area contributed by atoms with Crippen LogP contribution in [0, 0.1) is 5.92 Å². The summed E-state index contributed by atoms with van der Waals surface area (Å²) < 4.78 is 11.1. The average molecular weight is 332 g/mol. The summed E-state index contributed by atoms with van der Waals surface area (Å²) in [5, 5.41) is 5.73. The monoisotopic (exact) mass is 332 g/mol. The van der Waals surface area contributed by atoms with E-state index in [9.17, 15) is 9.59 Å². The van der Waals surface area contributed by atoms with Gasteiger partial charge >= 0.3 is 0 Å². The van der Waals surface area contributed by atoms with Crippen LogP contribution >= 0.6 is 0 Å². The molecule has 0 saturated heterocycles.